The molecule has 2 aliphatic heterocycles. The molecule has 0 aliphatic carbocycles. The largest absolute Gasteiger partial charge is 0.480 e. The van der Waals surface area contributed by atoms with Gasteiger partial charge in [0.05, 0.1) is 47.1 Å². The predicted octanol–water partition coefficient (Wildman–Crippen LogP) is 5.39. The minimum atomic E-state index is -1.22. The zero-order chi connectivity index (χ0) is 43.8. The van der Waals surface area contributed by atoms with Crippen LogP contribution in [-0.2, 0) is 23.9 Å². The fourth-order valence-electron chi connectivity index (χ4n) is 7.24. The topological polar surface area (TPSA) is 175 Å². The standard InChI is InChI=1S/C43H53F2N7O7S2/c1-25(27-9-11-28(12-10-27)38-26(2)47-24-61-38)48-40(56)33-20-29(53)21-52(33)41(57)39(43(3,4)5)50-34(54)8-6-7-15-46-35(55)22-59-37-30(13-14-31(44)36(37)45)32-23-60-42(49-32)51-16-18-58-19-17-51/h9-14,23-25,29,33,39,53H,6-8,15-22H2,1-5H3,(H,46,55)(H,48,56)(H,50,54)/t25?,29-,33+,39?/m1/s1. The maximum absolute atomic E-state index is 14.9. The number of likely N-dealkylation sites (tertiary alicyclic amines) is 1. The van der Waals surface area contributed by atoms with E-state index >= 15 is 0 Å². The number of nitrogens with one attached hydrogen (secondary N) is 3. The van der Waals surface area contributed by atoms with Gasteiger partial charge in [-0.15, -0.1) is 22.7 Å². The fourth-order valence-corrected chi connectivity index (χ4v) is 8.93. The highest BCUT2D eigenvalue weighted by molar-refractivity contribution is 7.14. The quantitative estimate of drug-likeness (QED) is 0.107. The molecule has 2 unspecified atom stereocenters. The number of morpholine rings is 1. The van der Waals surface area contributed by atoms with Crippen LogP contribution in [0, 0.1) is 24.0 Å². The van der Waals surface area contributed by atoms with E-state index in [9.17, 15) is 33.1 Å². The van der Waals surface area contributed by atoms with E-state index in [0.717, 1.165) is 27.8 Å². The molecule has 61 heavy (non-hydrogen) atoms. The number of aryl methyl sites for hydroxylation is 1. The average molecular weight is 882 g/mol. The highest BCUT2D eigenvalue weighted by Crippen LogP contribution is 2.37. The lowest BCUT2D eigenvalue weighted by molar-refractivity contribution is -0.144. The smallest absolute Gasteiger partial charge is 0.257 e. The van der Waals surface area contributed by atoms with Crippen molar-refractivity contribution in [1.82, 2.24) is 30.8 Å². The summed E-state index contributed by atoms with van der Waals surface area (Å²) in [6.45, 7) is 11.3. The van der Waals surface area contributed by atoms with Crippen molar-refractivity contribution >= 4 is 51.4 Å². The van der Waals surface area contributed by atoms with Gasteiger partial charge in [-0.3, -0.25) is 19.2 Å². The van der Waals surface area contributed by atoms with Gasteiger partial charge >= 0.3 is 0 Å². The van der Waals surface area contributed by atoms with Crippen LogP contribution in [0.25, 0.3) is 21.7 Å². The van der Waals surface area contributed by atoms with Crippen LogP contribution in [0.15, 0.2) is 47.3 Å². The van der Waals surface area contributed by atoms with Crippen LogP contribution in [0.1, 0.15) is 70.7 Å². The molecular weight excluding hydrogens is 829 g/mol. The minimum Gasteiger partial charge on any atom is -0.480 e. The number of ether oxygens (including phenoxy) is 2. The molecule has 328 valence electrons. The molecule has 0 bridgehead atoms. The number of β-amino-alcohol motifs (C(OH)–C–C–N with tert-alkyl or cyclic N) is 1. The van der Waals surface area contributed by atoms with Gasteiger partial charge in [-0.05, 0) is 55.4 Å². The van der Waals surface area contributed by atoms with Gasteiger partial charge in [0.2, 0.25) is 23.5 Å². The van der Waals surface area contributed by atoms with Gasteiger partial charge in [-0.2, -0.15) is 4.39 Å². The average Bonchev–Trinajstić information content (AvgIpc) is 4.00. The summed E-state index contributed by atoms with van der Waals surface area (Å²) in [6.07, 6.45) is -0.0181. The monoisotopic (exact) mass is 881 g/mol. The Labute approximate surface area is 362 Å². The molecule has 4 N–H and O–H groups in total. The second-order valence-electron chi connectivity index (χ2n) is 16.3. The maximum Gasteiger partial charge on any atom is 0.257 e. The Morgan fingerprint density at radius 2 is 1.75 bits per heavy atom. The van der Waals surface area contributed by atoms with Crippen molar-refractivity contribution in [3.8, 4) is 27.4 Å². The predicted molar refractivity (Wildman–Crippen MR) is 229 cm³/mol. The molecular formula is C43H53F2N7O7S2. The molecule has 0 radical (unpaired) electrons. The molecule has 2 aromatic heterocycles. The van der Waals surface area contributed by atoms with E-state index in [-0.39, 0.29) is 43.4 Å². The summed E-state index contributed by atoms with van der Waals surface area (Å²) in [4.78, 5) is 66.9. The first-order valence-corrected chi connectivity index (χ1v) is 22.1. The van der Waals surface area contributed by atoms with E-state index in [2.05, 4.69) is 25.9 Å². The SMILES string of the molecule is Cc1ncsc1-c1ccc(C(C)NC(=O)[C@@H]2C[C@@H](O)CN2C(=O)C(NC(=O)CCCCNC(=O)COc2c(-c3csc(N4CCOCC4)n3)ccc(F)c2F)C(C)(C)C)cc1. The van der Waals surface area contributed by atoms with Crippen molar-refractivity contribution in [2.24, 2.45) is 5.41 Å². The van der Waals surface area contributed by atoms with E-state index < -0.39 is 65.3 Å². The molecule has 2 saturated heterocycles. The van der Waals surface area contributed by atoms with E-state index in [0.29, 0.717) is 50.0 Å². The lowest BCUT2D eigenvalue weighted by Crippen LogP contribution is -2.57. The zero-order valence-electron chi connectivity index (χ0n) is 35.0. The molecule has 4 amide bonds. The first-order chi connectivity index (χ1) is 29.1. The third kappa shape index (κ3) is 11.5. The summed E-state index contributed by atoms with van der Waals surface area (Å²) in [7, 11) is 0. The second kappa shape index (κ2) is 20.2. The number of unbranched alkanes of at least 4 members (excludes halogenated alkanes) is 1. The lowest BCUT2D eigenvalue weighted by Gasteiger charge is -2.35. The van der Waals surface area contributed by atoms with Crippen LogP contribution in [0.3, 0.4) is 0 Å². The van der Waals surface area contributed by atoms with Crippen molar-refractivity contribution < 1.29 is 42.5 Å². The van der Waals surface area contributed by atoms with Gasteiger partial charge in [0.15, 0.2) is 23.3 Å². The van der Waals surface area contributed by atoms with Crippen molar-refractivity contribution in [2.45, 2.75) is 84.5 Å². The van der Waals surface area contributed by atoms with E-state index in [1.54, 1.807) is 22.2 Å². The van der Waals surface area contributed by atoms with Crippen molar-refractivity contribution in [3.05, 3.63) is 70.2 Å². The van der Waals surface area contributed by atoms with Gasteiger partial charge in [0.25, 0.3) is 5.91 Å². The molecule has 2 fully saturated rings. The lowest BCUT2D eigenvalue weighted by atomic mass is 9.85. The van der Waals surface area contributed by atoms with Gasteiger partial charge in [0.1, 0.15) is 12.1 Å². The zero-order valence-corrected chi connectivity index (χ0v) is 36.6. The molecule has 6 rings (SSSR count). The third-order valence-corrected chi connectivity index (χ3v) is 12.5. The highest BCUT2D eigenvalue weighted by atomic mass is 32.1. The number of aliphatic hydroxyl groups is 1. The summed E-state index contributed by atoms with van der Waals surface area (Å²) in [5.41, 5.74) is 4.54. The number of benzene rings is 2. The number of aliphatic hydroxyl groups excluding tert-OH is 1. The fraction of sp³-hybridized carbons (Fsp3) is 0.488. The van der Waals surface area contributed by atoms with Crippen LogP contribution in [-0.4, -0.2) is 108 Å². The number of aromatic nitrogens is 2. The number of carbonyl (C=O) groups excluding carboxylic acids is 4. The Balaban J connectivity index is 0.963. The molecule has 4 heterocycles. The normalized spacial score (nSPS) is 17.8. The van der Waals surface area contributed by atoms with E-state index in [4.69, 9.17) is 9.47 Å². The van der Waals surface area contributed by atoms with Gasteiger partial charge in [-0.25, -0.2) is 14.4 Å². The number of amides is 4. The molecule has 0 saturated carbocycles. The van der Waals surface area contributed by atoms with Crippen LogP contribution >= 0.6 is 22.7 Å². The summed E-state index contributed by atoms with van der Waals surface area (Å²) in [6, 6.07) is 7.92. The molecule has 2 aromatic carbocycles. The molecule has 4 aromatic rings. The van der Waals surface area contributed by atoms with Crippen LogP contribution in [0.5, 0.6) is 5.75 Å². The number of hydrogen-bond acceptors (Lipinski definition) is 12. The number of carbonyl (C=O) groups is 4. The molecule has 0 spiro atoms. The number of anilines is 1. The Morgan fingerprint density at radius 3 is 2.44 bits per heavy atom. The number of rotatable bonds is 16. The molecule has 4 atom stereocenters. The molecule has 2 aliphatic rings. The van der Waals surface area contributed by atoms with Crippen LogP contribution in [0.2, 0.25) is 0 Å². The molecule has 18 heteroatoms. The summed E-state index contributed by atoms with van der Waals surface area (Å²) >= 11 is 2.92. The Bertz CT molecular complexity index is 2170. The second-order valence-corrected chi connectivity index (χ2v) is 18.0. The summed E-state index contributed by atoms with van der Waals surface area (Å²) in [5.74, 6) is -4.57. The van der Waals surface area contributed by atoms with E-state index in [1.807, 2.05) is 63.8 Å². The Morgan fingerprint density at radius 1 is 1.02 bits per heavy atom. The van der Waals surface area contributed by atoms with Crippen molar-refractivity contribution in [1.29, 1.82) is 0 Å². The number of halogens is 2. The molecule has 14 nitrogen and oxygen atoms in total. The summed E-state index contributed by atoms with van der Waals surface area (Å²) in [5, 5.41) is 21.6. The number of thiazole rings is 2. The minimum absolute atomic E-state index is 0.0477. The van der Waals surface area contributed by atoms with Crippen molar-refractivity contribution in [2.75, 3.05) is 50.9 Å². The first kappa shape index (κ1) is 45.5. The summed E-state index contributed by atoms with van der Waals surface area (Å²) < 4.78 is 40.1. The van der Waals surface area contributed by atoms with Gasteiger partial charge in [0, 0.05) is 50.0 Å². The highest BCUT2D eigenvalue weighted by Gasteiger charge is 2.44. The Hall–Kier alpha value is -5.04. The van der Waals surface area contributed by atoms with E-state index in [1.165, 1.54) is 22.3 Å². The first-order valence-electron chi connectivity index (χ1n) is 20.4. The van der Waals surface area contributed by atoms with Crippen molar-refractivity contribution in [3.63, 3.8) is 0 Å². The van der Waals surface area contributed by atoms with Crippen LogP contribution < -0.4 is 25.6 Å². The maximum atomic E-state index is 14.9. The van der Waals surface area contributed by atoms with Gasteiger partial charge in [-0.1, -0.05) is 45.0 Å². The van der Waals surface area contributed by atoms with Gasteiger partial charge < -0.3 is 40.3 Å². The van der Waals surface area contributed by atoms with Crippen LogP contribution in [0.4, 0.5) is 13.9 Å². The Kier molecular flexibility index (Phi) is 15.1. The third-order valence-electron chi connectivity index (χ3n) is 10.7. The number of nitrogens with zero attached hydrogens (tertiary/aromatic N) is 4. The number of hydrogen-bond donors (Lipinski definition) is 4.